The maximum Gasteiger partial charge on any atom is 0.254 e. The zero-order valence-electron chi connectivity index (χ0n) is 18.3. The summed E-state index contributed by atoms with van der Waals surface area (Å²) in [5.74, 6) is -0.954. The van der Waals surface area contributed by atoms with E-state index in [1.54, 1.807) is 30.2 Å². The van der Waals surface area contributed by atoms with Crippen molar-refractivity contribution in [2.75, 3.05) is 18.4 Å². The molecule has 1 saturated carbocycles. The van der Waals surface area contributed by atoms with Crippen LogP contribution in [0.15, 0.2) is 43.0 Å². The van der Waals surface area contributed by atoms with E-state index >= 15 is 0 Å². The quantitative estimate of drug-likeness (QED) is 0.534. The van der Waals surface area contributed by atoms with Gasteiger partial charge in [-0.05, 0) is 56.5 Å². The summed E-state index contributed by atoms with van der Waals surface area (Å²) < 4.78 is 30.3. The number of hydrogen-bond donors (Lipinski definition) is 3. The van der Waals surface area contributed by atoms with Crippen molar-refractivity contribution >= 4 is 11.6 Å². The molecule has 2 fully saturated rings. The van der Waals surface area contributed by atoms with Crippen LogP contribution in [0.5, 0.6) is 0 Å². The number of hydrogen-bond acceptors (Lipinski definition) is 5. The van der Waals surface area contributed by atoms with Gasteiger partial charge in [-0.2, -0.15) is 5.10 Å². The number of nitrogens with one attached hydrogen (secondary N) is 3. The molecule has 3 aromatic rings. The van der Waals surface area contributed by atoms with E-state index in [2.05, 4.69) is 26.0 Å². The minimum absolute atomic E-state index is 0.00941. The summed E-state index contributed by atoms with van der Waals surface area (Å²) in [6.07, 6.45) is 8.50. The Balaban J connectivity index is 1.39. The number of carbonyl (C=O) groups excluding carboxylic acids is 1. The number of benzene rings is 1. The lowest BCUT2D eigenvalue weighted by atomic mass is 10.0. The van der Waals surface area contributed by atoms with Crippen molar-refractivity contribution in [3.05, 3.63) is 59.9 Å². The fourth-order valence-electron chi connectivity index (χ4n) is 4.05. The molecule has 1 unspecified atom stereocenters. The Bertz CT molecular complexity index is 1180. The van der Waals surface area contributed by atoms with Crippen LogP contribution < -0.4 is 16.0 Å². The molecule has 7 nitrogen and oxygen atoms in total. The molecule has 1 saturated heterocycles. The highest BCUT2D eigenvalue weighted by atomic mass is 19.1. The third kappa shape index (κ3) is 4.73. The Morgan fingerprint density at radius 2 is 2.00 bits per heavy atom. The smallest absolute Gasteiger partial charge is 0.254 e. The van der Waals surface area contributed by atoms with Crippen molar-refractivity contribution in [3.63, 3.8) is 0 Å². The molecule has 2 atom stereocenters. The SMILES string of the molecule is Cc1cc(F)c(C(=O)NC2CC2)cc1-n1cc(-c2cncc(NC3CCNC[C@H]3F)c2)cn1. The van der Waals surface area contributed by atoms with Crippen molar-refractivity contribution in [3.8, 4) is 16.8 Å². The lowest BCUT2D eigenvalue weighted by Crippen LogP contribution is -2.45. The first kappa shape index (κ1) is 21.5. The molecular formula is C24H26F2N6O. The van der Waals surface area contributed by atoms with E-state index in [-0.39, 0.29) is 17.6 Å². The van der Waals surface area contributed by atoms with E-state index in [4.69, 9.17) is 0 Å². The predicted molar refractivity (Wildman–Crippen MR) is 122 cm³/mol. The third-order valence-corrected chi connectivity index (χ3v) is 6.10. The van der Waals surface area contributed by atoms with Crippen molar-refractivity contribution < 1.29 is 13.6 Å². The Labute approximate surface area is 190 Å². The number of rotatable bonds is 6. The number of anilines is 1. The van der Waals surface area contributed by atoms with Gasteiger partial charge in [0.2, 0.25) is 0 Å². The Morgan fingerprint density at radius 3 is 2.79 bits per heavy atom. The number of alkyl halides is 1. The number of amides is 1. The highest BCUT2D eigenvalue weighted by molar-refractivity contribution is 5.95. The third-order valence-electron chi connectivity index (χ3n) is 6.10. The summed E-state index contributed by atoms with van der Waals surface area (Å²) in [6.45, 7) is 2.89. The highest BCUT2D eigenvalue weighted by Crippen LogP contribution is 2.26. The van der Waals surface area contributed by atoms with Crippen molar-refractivity contribution in [1.29, 1.82) is 0 Å². The van der Waals surface area contributed by atoms with Gasteiger partial charge in [0.25, 0.3) is 5.91 Å². The first-order chi connectivity index (χ1) is 16.0. The molecule has 1 amide bonds. The van der Waals surface area contributed by atoms with E-state index in [9.17, 15) is 13.6 Å². The summed E-state index contributed by atoms with van der Waals surface area (Å²) in [5.41, 5.74) is 3.67. The molecule has 2 aromatic heterocycles. The van der Waals surface area contributed by atoms with Gasteiger partial charge in [-0.15, -0.1) is 0 Å². The summed E-state index contributed by atoms with van der Waals surface area (Å²) in [7, 11) is 0. The maximum absolute atomic E-state index is 14.5. The van der Waals surface area contributed by atoms with Crippen LogP contribution in [0.2, 0.25) is 0 Å². The molecule has 0 bridgehead atoms. The first-order valence-corrected chi connectivity index (χ1v) is 11.2. The van der Waals surface area contributed by atoms with E-state index in [1.165, 1.54) is 12.1 Å². The summed E-state index contributed by atoms with van der Waals surface area (Å²) in [6, 6.07) is 4.69. The lowest BCUT2D eigenvalue weighted by Gasteiger charge is -2.28. The molecular weight excluding hydrogens is 426 g/mol. The molecule has 2 aliphatic rings. The van der Waals surface area contributed by atoms with Gasteiger partial charge in [0.15, 0.2) is 0 Å². The molecule has 3 N–H and O–H groups in total. The molecule has 1 aliphatic heterocycles. The molecule has 5 rings (SSSR count). The summed E-state index contributed by atoms with van der Waals surface area (Å²) in [5, 5.41) is 13.5. The largest absolute Gasteiger partial charge is 0.378 e. The van der Waals surface area contributed by atoms with Gasteiger partial charge in [0, 0.05) is 42.3 Å². The van der Waals surface area contributed by atoms with Gasteiger partial charge in [-0.1, -0.05) is 0 Å². The van der Waals surface area contributed by atoms with Gasteiger partial charge >= 0.3 is 0 Å². The standard InChI is InChI=1S/C24H26F2N6O/c1-14-6-20(25)19(24(33)31-17-2-3-17)8-23(14)32-13-16(10-29-32)15-7-18(11-28-9-15)30-22-4-5-27-12-21(22)26/h6-11,13,17,21-22,27,30H,2-5,12H2,1H3,(H,31,33)/t21-,22?/m1/s1. The van der Waals surface area contributed by atoms with Gasteiger partial charge < -0.3 is 16.0 Å². The molecule has 9 heteroatoms. The Hall–Kier alpha value is -3.33. The van der Waals surface area contributed by atoms with Crippen molar-refractivity contribution in [2.24, 2.45) is 0 Å². The highest BCUT2D eigenvalue weighted by Gasteiger charge is 2.26. The van der Waals surface area contributed by atoms with E-state index in [0.29, 0.717) is 24.2 Å². The number of aryl methyl sites for hydroxylation is 1. The second-order valence-electron chi connectivity index (χ2n) is 8.76. The van der Waals surface area contributed by atoms with E-state index in [0.717, 1.165) is 36.2 Å². The topological polar surface area (TPSA) is 83.9 Å². The van der Waals surface area contributed by atoms with Crippen LogP contribution >= 0.6 is 0 Å². The number of aromatic nitrogens is 3. The number of pyridine rings is 1. The van der Waals surface area contributed by atoms with Crippen molar-refractivity contribution in [2.45, 2.75) is 44.4 Å². The average Bonchev–Trinajstić information content (AvgIpc) is 3.47. The molecule has 1 aliphatic carbocycles. The Kier molecular flexibility index (Phi) is 5.80. The van der Waals surface area contributed by atoms with E-state index in [1.807, 2.05) is 12.3 Å². The van der Waals surface area contributed by atoms with Crippen LogP contribution in [0.3, 0.4) is 0 Å². The zero-order valence-corrected chi connectivity index (χ0v) is 18.3. The van der Waals surface area contributed by atoms with Crippen LogP contribution in [-0.2, 0) is 0 Å². The van der Waals surface area contributed by atoms with Gasteiger partial charge in [-0.3, -0.25) is 9.78 Å². The van der Waals surface area contributed by atoms with Crippen LogP contribution in [0.4, 0.5) is 14.5 Å². The second-order valence-corrected chi connectivity index (χ2v) is 8.76. The first-order valence-electron chi connectivity index (χ1n) is 11.2. The monoisotopic (exact) mass is 452 g/mol. The molecule has 3 heterocycles. The van der Waals surface area contributed by atoms with Crippen molar-refractivity contribution in [1.82, 2.24) is 25.4 Å². The van der Waals surface area contributed by atoms with Crippen LogP contribution in [0.1, 0.15) is 35.2 Å². The minimum Gasteiger partial charge on any atom is -0.378 e. The number of carbonyl (C=O) groups is 1. The molecule has 1 aromatic carbocycles. The Morgan fingerprint density at radius 1 is 1.15 bits per heavy atom. The second kappa shape index (κ2) is 8.90. The minimum atomic E-state index is -0.960. The zero-order chi connectivity index (χ0) is 22.9. The van der Waals surface area contributed by atoms with Gasteiger partial charge in [0.1, 0.15) is 12.0 Å². The predicted octanol–water partition coefficient (Wildman–Crippen LogP) is 3.39. The fourth-order valence-corrected chi connectivity index (χ4v) is 4.05. The molecule has 0 spiro atoms. The van der Waals surface area contributed by atoms with Crippen LogP contribution in [0.25, 0.3) is 16.8 Å². The lowest BCUT2D eigenvalue weighted by molar-refractivity contribution is 0.0947. The van der Waals surface area contributed by atoms with Gasteiger partial charge in [-0.25, -0.2) is 13.5 Å². The van der Waals surface area contributed by atoms with Crippen LogP contribution in [0, 0.1) is 12.7 Å². The van der Waals surface area contributed by atoms with Crippen LogP contribution in [-0.4, -0.2) is 52.0 Å². The van der Waals surface area contributed by atoms with Gasteiger partial charge in [0.05, 0.1) is 29.2 Å². The number of piperidine rings is 1. The average molecular weight is 453 g/mol. The normalized spacial score (nSPS) is 20.5. The number of nitrogens with zero attached hydrogens (tertiary/aromatic N) is 3. The fraction of sp³-hybridized carbons (Fsp3) is 0.375. The molecule has 33 heavy (non-hydrogen) atoms. The summed E-state index contributed by atoms with van der Waals surface area (Å²) in [4.78, 5) is 16.7. The molecule has 0 radical (unpaired) electrons. The molecule has 172 valence electrons. The summed E-state index contributed by atoms with van der Waals surface area (Å²) >= 11 is 0. The number of halogens is 2. The maximum atomic E-state index is 14.5. The van der Waals surface area contributed by atoms with E-state index < -0.39 is 17.9 Å².